The molecule has 1 aromatic carbocycles. The molecule has 3 aromatic rings. The van der Waals surface area contributed by atoms with Crippen molar-refractivity contribution in [2.24, 2.45) is 0 Å². The molecule has 0 saturated carbocycles. The van der Waals surface area contributed by atoms with Crippen LogP contribution in [0.5, 0.6) is 11.5 Å². The lowest BCUT2D eigenvalue weighted by molar-refractivity contribution is 0.0957. The number of hydrogen-bond donors (Lipinski definition) is 0. The molecule has 2 aliphatic heterocycles. The second-order valence-corrected chi connectivity index (χ2v) is 8.93. The third kappa shape index (κ3) is 3.84. The third-order valence-electron chi connectivity index (χ3n) is 6.75. The lowest BCUT2D eigenvalue weighted by Crippen LogP contribution is -2.46. The van der Waals surface area contributed by atoms with E-state index < -0.39 is 0 Å². The van der Waals surface area contributed by atoms with Gasteiger partial charge in [0.1, 0.15) is 5.76 Å². The standard InChI is InChI=1S/C25H26N4O4/c1-16-24-19(12-18(13-20(24)30)21-3-2-10-31-21)27-25(26-16)29-8-6-28(7-9-29)14-17-4-5-22-23(11-17)33-15-32-22/h2-5,10-11,18H,6-9,12-15H2,1H3/t18-/m0/s1. The summed E-state index contributed by atoms with van der Waals surface area (Å²) in [4.78, 5) is 27.1. The SMILES string of the molecule is Cc1nc(N2CCN(Cc3ccc4c(c3)OCO4)CC2)nc2c1C(=O)C[C@@H](c1ccco1)C2. The number of ether oxygens (including phenoxy) is 2. The Kier molecular flexibility index (Phi) is 5.02. The Balaban J connectivity index is 1.15. The number of aryl methyl sites for hydroxylation is 1. The van der Waals surface area contributed by atoms with Gasteiger partial charge in [0.05, 0.1) is 23.2 Å². The Bertz CT molecular complexity index is 1190. The van der Waals surface area contributed by atoms with E-state index in [1.807, 2.05) is 25.1 Å². The van der Waals surface area contributed by atoms with Gasteiger partial charge >= 0.3 is 0 Å². The molecule has 3 aliphatic rings. The molecule has 0 spiro atoms. The monoisotopic (exact) mass is 446 g/mol. The van der Waals surface area contributed by atoms with Crippen molar-refractivity contribution in [3.05, 3.63) is 64.9 Å². The quantitative estimate of drug-likeness (QED) is 0.604. The zero-order valence-electron chi connectivity index (χ0n) is 18.6. The van der Waals surface area contributed by atoms with Crippen molar-refractivity contribution in [3.63, 3.8) is 0 Å². The fourth-order valence-electron chi connectivity index (χ4n) is 5.03. The van der Waals surface area contributed by atoms with Crippen LogP contribution in [0.2, 0.25) is 0 Å². The van der Waals surface area contributed by atoms with Crippen LogP contribution in [-0.4, -0.2) is 53.6 Å². The molecule has 0 N–H and O–H groups in total. The van der Waals surface area contributed by atoms with E-state index in [1.54, 1.807) is 6.26 Å². The van der Waals surface area contributed by atoms with Crippen LogP contribution in [0.3, 0.4) is 0 Å². The van der Waals surface area contributed by atoms with E-state index in [0.717, 1.165) is 67.3 Å². The Morgan fingerprint density at radius 1 is 1.03 bits per heavy atom. The molecule has 6 rings (SSSR count). The van der Waals surface area contributed by atoms with Crippen molar-refractivity contribution in [1.29, 1.82) is 0 Å². The van der Waals surface area contributed by atoms with Crippen LogP contribution >= 0.6 is 0 Å². The van der Waals surface area contributed by atoms with Crippen LogP contribution in [-0.2, 0) is 13.0 Å². The van der Waals surface area contributed by atoms with Gasteiger partial charge in [-0.1, -0.05) is 6.07 Å². The van der Waals surface area contributed by atoms with Crippen LogP contribution in [0.25, 0.3) is 0 Å². The minimum atomic E-state index is 0.0423. The van der Waals surface area contributed by atoms with E-state index in [2.05, 4.69) is 21.9 Å². The molecule has 2 aromatic heterocycles. The van der Waals surface area contributed by atoms with Crippen LogP contribution < -0.4 is 14.4 Å². The first kappa shape index (κ1) is 20.2. The van der Waals surface area contributed by atoms with E-state index in [1.165, 1.54) is 5.56 Å². The number of nitrogens with zero attached hydrogens (tertiary/aromatic N) is 4. The third-order valence-corrected chi connectivity index (χ3v) is 6.75. The summed E-state index contributed by atoms with van der Waals surface area (Å²) in [6, 6.07) is 9.96. The topological polar surface area (TPSA) is 80.9 Å². The highest BCUT2D eigenvalue weighted by Gasteiger charge is 2.32. The fraction of sp³-hybridized carbons (Fsp3) is 0.400. The molecule has 0 radical (unpaired) electrons. The molecule has 0 unspecified atom stereocenters. The lowest BCUT2D eigenvalue weighted by atomic mass is 9.84. The normalized spacial score (nSPS) is 20.2. The minimum absolute atomic E-state index is 0.0423. The summed E-state index contributed by atoms with van der Waals surface area (Å²) in [7, 11) is 0. The molecule has 8 nitrogen and oxygen atoms in total. The maximum Gasteiger partial charge on any atom is 0.231 e. The van der Waals surface area contributed by atoms with Gasteiger partial charge in [0.15, 0.2) is 17.3 Å². The van der Waals surface area contributed by atoms with Crippen LogP contribution in [0, 0.1) is 6.92 Å². The first-order chi connectivity index (χ1) is 16.1. The first-order valence-corrected chi connectivity index (χ1v) is 11.4. The van der Waals surface area contributed by atoms with Crippen molar-refractivity contribution in [3.8, 4) is 11.5 Å². The molecular formula is C25H26N4O4. The van der Waals surface area contributed by atoms with Gasteiger partial charge in [0.2, 0.25) is 12.7 Å². The molecule has 170 valence electrons. The van der Waals surface area contributed by atoms with Crippen LogP contribution in [0.4, 0.5) is 5.95 Å². The van der Waals surface area contributed by atoms with Gasteiger partial charge in [-0.2, -0.15) is 0 Å². The molecule has 1 saturated heterocycles. The summed E-state index contributed by atoms with van der Waals surface area (Å²) in [5, 5.41) is 0. The lowest BCUT2D eigenvalue weighted by Gasteiger charge is -2.35. The highest BCUT2D eigenvalue weighted by molar-refractivity contribution is 5.99. The summed E-state index contributed by atoms with van der Waals surface area (Å²) in [5.74, 6) is 3.37. The maximum atomic E-state index is 12.8. The van der Waals surface area contributed by atoms with Gasteiger partial charge in [0.25, 0.3) is 0 Å². The number of Topliss-reactive ketones (excluding diaryl/α,β-unsaturated/α-hetero) is 1. The predicted octanol–water partition coefficient (Wildman–Crippen LogP) is 3.34. The van der Waals surface area contributed by atoms with E-state index in [4.69, 9.17) is 23.9 Å². The van der Waals surface area contributed by atoms with Crippen molar-refractivity contribution in [2.75, 3.05) is 37.9 Å². The molecule has 0 bridgehead atoms. The summed E-state index contributed by atoms with van der Waals surface area (Å²) >= 11 is 0. The smallest absolute Gasteiger partial charge is 0.231 e. The second-order valence-electron chi connectivity index (χ2n) is 8.93. The number of fused-ring (bicyclic) bond motifs is 2. The Morgan fingerprint density at radius 3 is 2.70 bits per heavy atom. The maximum absolute atomic E-state index is 12.8. The number of anilines is 1. The fourth-order valence-corrected chi connectivity index (χ4v) is 5.03. The molecule has 4 heterocycles. The van der Waals surface area contributed by atoms with Gasteiger partial charge in [-0.15, -0.1) is 0 Å². The molecule has 33 heavy (non-hydrogen) atoms. The van der Waals surface area contributed by atoms with Crippen molar-refractivity contribution >= 4 is 11.7 Å². The molecule has 8 heteroatoms. The number of piperazine rings is 1. The molecule has 1 atom stereocenters. The summed E-state index contributed by atoms with van der Waals surface area (Å²) in [6.45, 7) is 6.62. The van der Waals surface area contributed by atoms with E-state index >= 15 is 0 Å². The Labute approximate surface area is 192 Å². The number of aromatic nitrogens is 2. The predicted molar refractivity (Wildman–Crippen MR) is 121 cm³/mol. The molecular weight excluding hydrogens is 420 g/mol. The van der Waals surface area contributed by atoms with Gasteiger partial charge in [-0.05, 0) is 36.8 Å². The van der Waals surface area contributed by atoms with Crippen LogP contribution in [0.1, 0.15) is 45.4 Å². The van der Waals surface area contributed by atoms with E-state index in [-0.39, 0.29) is 11.7 Å². The Hall–Kier alpha value is -3.39. The van der Waals surface area contributed by atoms with E-state index in [9.17, 15) is 4.79 Å². The number of carbonyl (C=O) groups is 1. The molecule has 0 amide bonds. The number of carbonyl (C=O) groups excluding carboxylic acids is 1. The highest BCUT2D eigenvalue weighted by Crippen LogP contribution is 2.35. The molecule has 1 fully saturated rings. The summed E-state index contributed by atoms with van der Waals surface area (Å²) < 4.78 is 16.5. The summed E-state index contributed by atoms with van der Waals surface area (Å²) in [5.41, 5.74) is 3.54. The average molecular weight is 447 g/mol. The van der Waals surface area contributed by atoms with Gasteiger partial charge in [0, 0.05) is 51.5 Å². The molecule has 1 aliphatic carbocycles. The van der Waals surface area contributed by atoms with Gasteiger partial charge in [-0.3, -0.25) is 9.69 Å². The number of benzene rings is 1. The highest BCUT2D eigenvalue weighted by atomic mass is 16.7. The van der Waals surface area contributed by atoms with Crippen molar-refractivity contribution in [1.82, 2.24) is 14.9 Å². The Morgan fingerprint density at radius 2 is 1.88 bits per heavy atom. The van der Waals surface area contributed by atoms with Gasteiger partial charge < -0.3 is 18.8 Å². The zero-order chi connectivity index (χ0) is 22.4. The number of rotatable bonds is 4. The number of ketones is 1. The zero-order valence-corrected chi connectivity index (χ0v) is 18.6. The second kappa shape index (κ2) is 8.19. The van der Waals surface area contributed by atoms with Crippen molar-refractivity contribution in [2.45, 2.75) is 32.2 Å². The van der Waals surface area contributed by atoms with Crippen molar-refractivity contribution < 1.29 is 18.7 Å². The summed E-state index contributed by atoms with van der Waals surface area (Å²) in [6.07, 6.45) is 2.81. The number of furan rings is 1. The first-order valence-electron chi connectivity index (χ1n) is 11.4. The van der Waals surface area contributed by atoms with E-state index in [0.29, 0.717) is 25.2 Å². The average Bonchev–Trinajstić information content (AvgIpc) is 3.51. The van der Waals surface area contributed by atoms with Gasteiger partial charge in [-0.25, -0.2) is 9.97 Å². The number of hydrogen-bond acceptors (Lipinski definition) is 8. The largest absolute Gasteiger partial charge is 0.469 e. The minimum Gasteiger partial charge on any atom is -0.469 e. The van der Waals surface area contributed by atoms with Crippen LogP contribution in [0.15, 0.2) is 41.0 Å².